The number of aliphatic imine (C=N–C) groups is 1. The minimum atomic E-state index is 0.218. The maximum Gasteiger partial charge on any atom is 0.0734 e. The molecule has 0 radical (unpaired) electrons. The van der Waals surface area contributed by atoms with Crippen LogP contribution in [0.5, 0.6) is 0 Å². The van der Waals surface area contributed by atoms with Gasteiger partial charge in [0, 0.05) is 11.2 Å². The maximum absolute atomic E-state index is 4.83. The third kappa shape index (κ3) is 2.88. The average Bonchev–Trinajstić information content (AvgIpc) is 2.67. The molecule has 1 aliphatic heterocycles. The molecule has 1 heterocycles. The Hall–Kier alpha value is -0.760. The molecular formula is C14H19NS. The van der Waals surface area contributed by atoms with Gasteiger partial charge in [0.2, 0.25) is 0 Å². The number of hydrogen-bond donors (Lipinski definition) is 0. The first-order valence-electron chi connectivity index (χ1n) is 5.81. The van der Waals surface area contributed by atoms with Crippen molar-refractivity contribution in [2.45, 2.75) is 33.2 Å². The van der Waals surface area contributed by atoms with E-state index < -0.39 is 0 Å². The van der Waals surface area contributed by atoms with Crippen LogP contribution in [0.15, 0.2) is 35.3 Å². The summed E-state index contributed by atoms with van der Waals surface area (Å²) in [6, 6.07) is 11.1. The van der Waals surface area contributed by atoms with Crippen LogP contribution in [0, 0.1) is 5.41 Å². The summed E-state index contributed by atoms with van der Waals surface area (Å²) in [5.41, 5.74) is 1.61. The summed E-state index contributed by atoms with van der Waals surface area (Å²) in [6.07, 6.45) is 1.08. The summed E-state index contributed by atoms with van der Waals surface area (Å²) in [4.78, 5) is 4.83. The quantitative estimate of drug-likeness (QED) is 0.757. The Labute approximate surface area is 102 Å². The molecule has 16 heavy (non-hydrogen) atoms. The fourth-order valence-electron chi connectivity index (χ4n) is 1.82. The van der Waals surface area contributed by atoms with Gasteiger partial charge in [0.1, 0.15) is 0 Å². The first kappa shape index (κ1) is 11.7. The molecule has 1 nitrogen and oxygen atoms in total. The van der Waals surface area contributed by atoms with Crippen molar-refractivity contribution in [2.24, 2.45) is 10.4 Å². The molecule has 0 fully saturated rings. The highest BCUT2D eigenvalue weighted by atomic mass is 32.2. The normalized spacial score (nSPS) is 20.9. The molecule has 1 aromatic carbocycles. The van der Waals surface area contributed by atoms with E-state index in [1.807, 2.05) is 11.8 Å². The second-order valence-corrected chi connectivity index (χ2v) is 6.35. The van der Waals surface area contributed by atoms with Gasteiger partial charge in [0.05, 0.1) is 11.1 Å². The molecule has 0 saturated carbocycles. The lowest BCUT2D eigenvalue weighted by molar-refractivity contribution is 0.596. The zero-order valence-corrected chi connectivity index (χ0v) is 11.1. The second-order valence-electron chi connectivity index (χ2n) is 5.34. The second kappa shape index (κ2) is 4.62. The molecule has 1 atom stereocenters. The van der Waals surface area contributed by atoms with Crippen molar-refractivity contribution in [1.29, 1.82) is 0 Å². The third-order valence-corrected chi connectivity index (χ3v) is 4.21. The Kier molecular flexibility index (Phi) is 3.38. The fraction of sp³-hybridized carbons (Fsp3) is 0.500. The molecule has 1 aliphatic rings. The standard InChI is InChI=1S/C14H19NS/c1-14(2,3)13-15-12(10-16-13)9-11-7-5-4-6-8-11/h4-8,12H,9-10H2,1-3H3. The van der Waals surface area contributed by atoms with Crippen LogP contribution in [0.4, 0.5) is 0 Å². The zero-order valence-electron chi connectivity index (χ0n) is 10.2. The highest BCUT2D eigenvalue weighted by Gasteiger charge is 2.26. The predicted octanol–water partition coefficient (Wildman–Crippen LogP) is 3.79. The van der Waals surface area contributed by atoms with Crippen LogP contribution in [0.1, 0.15) is 26.3 Å². The molecule has 0 aliphatic carbocycles. The van der Waals surface area contributed by atoms with Gasteiger partial charge in [-0.05, 0) is 12.0 Å². The average molecular weight is 233 g/mol. The van der Waals surface area contributed by atoms with Crippen molar-refractivity contribution in [3.63, 3.8) is 0 Å². The van der Waals surface area contributed by atoms with Crippen LogP contribution in [-0.2, 0) is 6.42 Å². The Morgan fingerprint density at radius 2 is 1.94 bits per heavy atom. The van der Waals surface area contributed by atoms with E-state index >= 15 is 0 Å². The number of hydrogen-bond acceptors (Lipinski definition) is 2. The molecular weight excluding hydrogens is 214 g/mol. The van der Waals surface area contributed by atoms with E-state index in [4.69, 9.17) is 4.99 Å². The van der Waals surface area contributed by atoms with Gasteiger partial charge in [0.25, 0.3) is 0 Å². The van der Waals surface area contributed by atoms with E-state index in [9.17, 15) is 0 Å². The van der Waals surface area contributed by atoms with E-state index in [-0.39, 0.29) is 5.41 Å². The van der Waals surface area contributed by atoms with Crippen LogP contribution in [0.25, 0.3) is 0 Å². The number of benzene rings is 1. The van der Waals surface area contributed by atoms with E-state index in [0.29, 0.717) is 6.04 Å². The van der Waals surface area contributed by atoms with Gasteiger partial charge in [-0.25, -0.2) is 0 Å². The lowest BCUT2D eigenvalue weighted by Crippen LogP contribution is -2.15. The van der Waals surface area contributed by atoms with Crippen molar-refractivity contribution in [2.75, 3.05) is 5.75 Å². The molecule has 0 saturated heterocycles. The molecule has 0 amide bonds. The van der Waals surface area contributed by atoms with Crippen LogP contribution in [0.2, 0.25) is 0 Å². The number of nitrogens with zero attached hydrogens (tertiary/aromatic N) is 1. The Balaban J connectivity index is 2.02. The van der Waals surface area contributed by atoms with Crippen molar-refractivity contribution in [3.05, 3.63) is 35.9 Å². The first-order valence-corrected chi connectivity index (χ1v) is 6.79. The SMILES string of the molecule is CC(C)(C)C1=NC(Cc2ccccc2)CS1. The van der Waals surface area contributed by atoms with Gasteiger partial charge in [-0.1, -0.05) is 51.1 Å². The third-order valence-electron chi connectivity index (χ3n) is 2.67. The number of thioether (sulfide) groups is 1. The van der Waals surface area contributed by atoms with Gasteiger partial charge in [-0.15, -0.1) is 11.8 Å². The largest absolute Gasteiger partial charge is 0.278 e. The summed E-state index contributed by atoms with van der Waals surface area (Å²) in [7, 11) is 0. The summed E-state index contributed by atoms with van der Waals surface area (Å²) in [6.45, 7) is 6.72. The summed E-state index contributed by atoms with van der Waals surface area (Å²) < 4.78 is 0. The monoisotopic (exact) mass is 233 g/mol. The topological polar surface area (TPSA) is 12.4 Å². The zero-order chi connectivity index (χ0) is 11.6. The highest BCUT2D eigenvalue weighted by molar-refractivity contribution is 8.14. The Morgan fingerprint density at radius 3 is 2.50 bits per heavy atom. The van der Waals surface area contributed by atoms with E-state index in [0.717, 1.165) is 12.2 Å². The van der Waals surface area contributed by atoms with Gasteiger partial charge in [-0.3, -0.25) is 4.99 Å². The highest BCUT2D eigenvalue weighted by Crippen LogP contribution is 2.31. The van der Waals surface area contributed by atoms with E-state index in [1.54, 1.807) is 0 Å². The van der Waals surface area contributed by atoms with Gasteiger partial charge in [0.15, 0.2) is 0 Å². The maximum atomic E-state index is 4.83. The van der Waals surface area contributed by atoms with Crippen molar-refractivity contribution in [1.82, 2.24) is 0 Å². The molecule has 0 bridgehead atoms. The minimum absolute atomic E-state index is 0.218. The summed E-state index contributed by atoms with van der Waals surface area (Å²) in [5.74, 6) is 1.14. The molecule has 2 heteroatoms. The van der Waals surface area contributed by atoms with Crippen LogP contribution >= 0.6 is 11.8 Å². The fourth-order valence-corrected chi connectivity index (χ4v) is 3.02. The minimum Gasteiger partial charge on any atom is -0.278 e. The van der Waals surface area contributed by atoms with E-state index in [1.165, 1.54) is 10.6 Å². The summed E-state index contributed by atoms with van der Waals surface area (Å²) in [5, 5.41) is 1.31. The first-order chi connectivity index (χ1) is 7.55. The predicted molar refractivity (Wildman–Crippen MR) is 73.3 cm³/mol. The Morgan fingerprint density at radius 1 is 1.25 bits per heavy atom. The van der Waals surface area contributed by atoms with Crippen molar-refractivity contribution >= 4 is 16.8 Å². The smallest absolute Gasteiger partial charge is 0.0734 e. The van der Waals surface area contributed by atoms with Gasteiger partial charge in [-0.2, -0.15) is 0 Å². The number of rotatable bonds is 2. The summed E-state index contributed by atoms with van der Waals surface area (Å²) >= 11 is 1.93. The molecule has 1 aromatic rings. The lowest BCUT2D eigenvalue weighted by Gasteiger charge is -2.16. The Bertz CT molecular complexity index is 375. The van der Waals surface area contributed by atoms with Crippen LogP contribution in [-0.4, -0.2) is 16.8 Å². The molecule has 1 unspecified atom stereocenters. The molecule has 0 N–H and O–H groups in total. The van der Waals surface area contributed by atoms with Crippen LogP contribution < -0.4 is 0 Å². The van der Waals surface area contributed by atoms with Crippen molar-refractivity contribution in [3.8, 4) is 0 Å². The van der Waals surface area contributed by atoms with E-state index in [2.05, 4.69) is 51.1 Å². The molecule has 0 spiro atoms. The molecule has 86 valence electrons. The molecule has 0 aromatic heterocycles. The molecule has 2 rings (SSSR count). The van der Waals surface area contributed by atoms with Crippen molar-refractivity contribution < 1.29 is 0 Å². The van der Waals surface area contributed by atoms with Gasteiger partial charge < -0.3 is 0 Å². The van der Waals surface area contributed by atoms with Crippen LogP contribution in [0.3, 0.4) is 0 Å². The lowest BCUT2D eigenvalue weighted by atomic mass is 9.98. The van der Waals surface area contributed by atoms with Gasteiger partial charge >= 0.3 is 0 Å².